The Labute approximate surface area is 145 Å². The lowest BCUT2D eigenvalue weighted by atomic mass is 9.98. The van der Waals surface area contributed by atoms with Crippen molar-refractivity contribution in [3.8, 4) is 11.5 Å². The molecule has 0 N–H and O–H groups in total. The summed E-state index contributed by atoms with van der Waals surface area (Å²) in [6.45, 7) is 2.06. The predicted molar refractivity (Wildman–Crippen MR) is 91.9 cm³/mol. The smallest absolute Gasteiger partial charge is 0.223 e. The Hall–Kier alpha value is -2.63. The number of carbonyl (C=O) groups is 1. The van der Waals surface area contributed by atoms with Gasteiger partial charge in [-0.15, -0.1) is 0 Å². The molecule has 0 radical (unpaired) electrons. The van der Waals surface area contributed by atoms with Crippen LogP contribution in [0, 0.1) is 0 Å². The second-order valence-electron chi connectivity index (χ2n) is 6.94. The van der Waals surface area contributed by atoms with Gasteiger partial charge in [-0.25, -0.2) is 9.50 Å². The van der Waals surface area contributed by atoms with E-state index in [4.69, 9.17) is 9.52 Å². The third kappa shape index (κ3) is 2.13. The van der Waals surface area contributed by atoms with Gasteiger partial charge in [0.2, 0.25) is 5.91 Å². The Morgan fingerprint density at radius 3 is 3.12 bits per heavy atom. The maximum absolute atomic E-state index is 12.6. The van der Waals surface area contributed by atoms with Crippen molar-refractivity contribution in [1.29, 1.82) is 0 Å². The fourth-order valence-electron chi connectivity index (χ4n) is 4.35. The Morgan fingerprint density at radius 1 is 1.40 bits per heavy atom. The Balaban J connectivity index is 1.60. The lowest BCUT2D eigenvalue weighted by molar-refractivity contribution is -0.134. The monoisotopic (exact) mass is 336 g/mol. The number of nitrogens with zero attached hydrogens (tertiary/aromatic N) is 4. The largest absolute Gasteiger partial charge is 0.463 e. The minimum Gasteiger partial charge on any atom is -0.463 e. The third-order valence-electron chi connectivity index (χ3n) is 5.43. The second-order valence-corrected chi connectivity index (χ2v) is 6.94. The average molecular weight is 336 g/mol. The quantitative estimate of drug-likeness (QED) is 0.735. The molecule has 0 unspecified atom stereocenters. The molecule has 3 aromatic heterocycles. The number of rotatable bonds is 3. The van der Waals surface area contributed by atoms with E-state index in [1.807, 2.05) is 28.9 Å². The van der Waals surface area contributed by atoms with Crippen LogP contribution in [0.5, 0.6) is 0 Å². The topological polar surface area (TPSA) is 63.6 Å². The van der Waals surface area contributed by atoms with Gasteiger partial charge in [-0.3, -0.25) is 4.79 Å². The molecule has 25 heavy (non-hydrogen) atoms. The van der Waals surface area contributed by atoms with Crippen molar-refractivity contribution in [2.45, 2.75) is 51.1 Å². The Kier molecular flexibility index (Phi) is 3.20. The van der Waals surface area contributed by atoms with Crippen molar-refractivity contribution in [3.63, 3.8) is 0 Å². The molecule has 2 atom stereocenters. The summed E-state index contributed by atoms with van der Waals surface area (Å²) < 4.78 is 7.41. The Morgan fingerprint density at radius 2 is 2.32 bits per heavy atom. The van der Waals surface area contributed by atoms with Crippen LogP contribution in [-0.2, 0) is 11.2 Å². The molecular weight excluding hydrogens is 316 g/mol. The van der Waals surface area contributed by atoms with Crippen LogP contribution in [0.2, 0.25) is 0 Å². The van der Waals surface area contributed by atoms with Gasteiger partial charge in [0.05, 0.1) is 18.0 Å². The first-order valence-corrected chi connectivity index (χ1v) is 8.99. The minimum absolute atomic E-state index is 0.154. The Bertz CT molecular complexity index is 944. The van der Waals surface area contributed by atoms with E-state index in [-0.39, 0.29) is 11.9 Å². The summed E-state index contributed by atoms with van der Waals surface area (Å²) in [5, 5.41) is 4.73. The van der Waals surface area contributed by atoms with Gasteiger partial charge in [0.1, 0.15) is 5.69 Å². The normalized spacial score (nSPS) is 21.7. The molecule has 0 aliphatic carbocycles. The van der Waals surface area contributed by atoms with Crippen molar-refractivity contribution in [1.82, 2.24) is 19.5 Å². The standard InChI is InChI=1S/C19H20N4O2/c1-2-4-19(24)22-12-6-7-15(22)13-11-20-18-10-14(17-5-3-8-25-17)21-23(18)16(13)9-12/h3,5,8,10-12,15H,2,4,6-7,9H2,1H3/t12-,15+/m0/s1. The first-order chi connectivity index (χ1) is 12.3. The van der Waals surface area contributed by atoms with E-state index in [2.05, 4.69) is 16.8 Å². The molecule has 2 aliphatic rings. The zero-order valence-electron chi connectivity index (χ0n) is 14.2. The van der Waals surface area contributed by atoms with Gasteiger partial charge >= 0.3 is 0 Å². The van der Waals surface area contributed by atoms with Gasteiger partial charge in [-0.05, 0) is 31.4 Å². The molecule has 5 rings (SSSR count). The van der Waals surface area contributed by atoms with Crippen molar-refractivity contribution < 1.29 is 9.21 Å². The second kappa shape index (κ2) is 5.44. The number of hydrogen-bond acceptors (Lipinski definition) is 4. The molecule has 2 aliphatic heterocycles. The van der Waals surface area contributed by atoms with Crippen LogP contribution in [0.25, 0.3) is 17.1 Å². The lowest BCUT2D eigenvalue weighted by Crippen LogP contribution is -2.42. The van der Waals surface area contributed by atoms with Crippen molar-refractivity contribution in [2.75, 3.05) is 0 Å². The van der Waals surface area contributed by atoms with E-state index in [0.29, 0.717) is 12.5 Å². The van der Waals surface area contributed by atoms with Crippen LogP contribution in [0.4, 0.5) is 0 Å². The summed E-state index contributed by atoms with van der Waals surface area (Å²) in [5.41, 5.74) is 3.97. The fraction of sp³-hybridized carbons (Fsp3) is 0.421. The van der Waals surface area contributed by atoms with Crippen molar-refractivity contribution in [3.05, 3.63) is 41.9 Å². The lowest BCUT2D eigenvalue weighted by Gasteiger charge is -2.36. The predicted octanol–water partition coefficient (Wildman–Crippen LogP) is 3.38. The van der Waals surface area contributed by atoms with Gasteiger partial charge in [-0.2, -0.15) is 5.10 Å². The molecule has 0 saturated carbocycles. The highest BCUT2D eigenvalue weighted by molar-refractivity contribution is 5.78. The summed E-state index contributed by atoms with van der Waals surface area (Å²) in [6, 6.07) is 6.16. The SMILES string of the molecule is CCCC(=O)N1[C@H]2CC[C@@H]1c1cnc3cc(-c4ccco4)nn3c1C2. The van der Waals surface area contributed by atoms with E-state index >= 15 is 0 Å². The molecule has 1 saturated heterocycles. The van der Waals surface area contributed by atoms with Crippen LogP contribution in [0.1, 0.15) is 49.9 Å². The first-order valence-electron chi connectivity index (χ1n) is 8.99. The molecule has 5 heterocycles. The van der Waals surface area contributed by atoms with Gasteiger partial charge < -0.3 is 9.32 Å². The number of aromatic nitrogens is 3. The molecule has 1 amide bonds. The summed E-state index contributed by atoms with van der Waals surface area (Å²) in [6.07, 6.45) is 8.04. The summed E-state index contributed by atoms with van der Waals surface area (Å²) in [7, 11) is 0. The van der Waals surface area contributed by atoms with Crippen LogP contribution >= 0.6 is 0 Å². The van der Waals surface area contributed by atoms with Crippen LogP contribution in [-0.4, -0.2) is 31.4 Å². The van der Waals surface area contributed by atoms with Crippen LogP contribution in [0.3, 0.4) is 0 Å². The number of furan rings is 1. The van der Waals surface area contributed by atoms with Crippen LogP contribution in [0.15, 0.2) is 35.1 Å². The number of hydrogen-bond donors (Lipinski definition) is 0. The molecule has 6 heteroatoms. The van der Waals surface area contributed by atoms with Gasteiger partial charge in [0, 0.05) is 36.7 Å². The maximum Gasteiger partial charge on any atom is 0.223 e. The molecule has 0 aromatic carbocycles. The number of fused-ring (bicyclic) bond motifs is 6. The van der Waals surface area contributed by atoms with E-state index < -0.39 is 0 Å². The molecular formula is C19H20N4O2. The van der Waals surface area contributed by atoms with E-state index in [1.54, 1.807) is 6.26 Å². The summed E-state index contributed by atoms with van der Waals surface area (Å²) in [5.74, 6) is 1.02. The highest BCUT2D eigenvalue weighted by atomic mass is 16.3. The number of amides is 1. The number of carbonyl (C=O) groups excluding carboxylic acids is 1. The van der Waals surface area contributed by atoms with Crippen molar-refractivity contribution >= 4 is 11.6 Å². The maximum atomic E-state index is 12.6. The third-order valence-corrected chi connectivity index (χ3v) is 5.43. The minimum atomic E-state index is 0.154. The molecule has 1 fully saturated rings. The van der Waals surface area contributed by atoms with Gasteiger partial charge in [-0.1, -0.05) is 6.92 Å². The highest BCUT2D eigenvalue weighted by Gasteiger charge is 2.43. The van der Waals surface area contributed by atoms with Crippen LogP contribution < -0.4 is 0 Å². The summed E-state index contributed by atoms with van der Waals surface area (Å²) in [4.78, 5) is 19.3. The average Bonchev–Trinajstić information content (AvgIpc) is 3.32. The fourth-order valence-corrected chi connectivity index (χ4v) is 4.35. The molecule has 6 nitrogen and oxygen atoms in total. The molecule has 0 spiro atoms. The van der Waals surface area contributed by atoms with Crippen molar-refractivity contribution in [2.24, 2.45) is 0 Å². The first kappa shape index (κ1) is 14.7. The van der Waals surface area contributed by atoms with E-state index in [1.165, 1.54) is 5.69 Å². The van der Waals surface area contributed by atoms with E-state index in [0.717, 1.165) is 48.3 Å². The molecule has 2 bridgehead atoms. The molecule has 128 valence electrons. The van der Waals surface area contributed by atoms with E-state index in [9.17, 15) is 4.79 Å². The zero-order chi connectivity index (χ0) is 17.0. The summed E-state index contributed by atoms with van der Waals surface area (Å²) >= 11 is 0. The zero-order valence-corrected chi connectivity index (χ0v) is 14.2. The molecule has 3 aromatic rings. The van der Waals surface area contributed by atoms with Gasteiger partial charge in [0.25, 0.3) is 0 Å². The highest BCUT2D eigenvalue weighted by Crippen LogP contribution is 2.44. The van der Waals surface area contributed by atoms with Gasteiger partial charge in [0.15, 0.2) is 11.4 Å².